The number of aromatic nitrogens is 2. The number of hydrogen-bond donors (Lipinski definition) is 1. The van der Waals surface area contributed by atoms with E-state index in [1.54, 1.807) is 6.20 Å². The van der Waals surface area contributed by atoms with E-state index in [-0.39, 0.29) is 0 Å². The van der Waals surface area contributed by atoms with Crippen LogP contribution in [0.2, 0.25) is 0 Å². The predicted molar refractivity (Wildman–Crippen MR) is 74.4 cm³/mol. The Labute approximate surface area is 109 Å². The molecule has 0 radical (unpaired) electrons. The fraction of sp³-hybridized carbons (Fsp3) is 0.400. The van der Waals surface area contributed by atoms with Crippen molar-refractivity contribution in [2.45, 2.75) is 26.4 Å². The first-order chi connectivity index (χ1) is 8.70. The monoisotopic (exact) mass is 243 g/mol. The maximum Gasteiger partial charge on any atom is 0.0485 e. The van der Waals surface area contributed by atoms with E-state index in [2.05, 4.69) is 53.2 Å². The molecule has 0 aromatic carbocycles. The Balaban J connectivity index is 2.11. The molecule has 18 heavy (non-hydrogen) atoms. The number of rotatable bonds is 5. The second-order valence-corrected chi connectivity index (χ2v) is 4.99. The lowest BCUT2D eigenvalue weighted by Crippen LogP contribution is -2.21. The third-order valence-corrected chi connectivity index (χ3v) is 3.20. The lowest BCUT2D eigenvalue weighted by Gasteiger charge is -2.18. The van der Waals surface area contributed by atoms with Gasteiger partial charge in [0.15, 0.2) is 0 Å². The quantitative estimate of drug-likeness (QED) is 0.875. The van der Waals surface area contributed by atoms with Crippen LogP contribution in [0.3, 0.4) is 0 Å². The van der Waals surface area contributed by atoms with Crippen LogP contribution >= 0.6 is 0 Å². The number of nitrogens with one attached hydrogen (secondary N) is 1. The average molecular weight is 243 g/mol. The molecule has 1 atom stereocenters. The molecule has 0 spiro atoms. The maximum atomic E-state index is 4.14. The molecule has 2 aromatic rings. The molecule has 0 aliphatic rings. The van der Waals surface area contributed by atoms with Crippen LogP contribution in [0.25, 0.3) is 0 Å². The van der Waals surface area contributed by atoms with Crippen LogP contribution in [0.5, 0.6) is 0 Å². The summed E-state index contributed by atoms with van der Waals surface area (Å²) < 4.78 is 2.21. The van der Waals surface area contributed by atoms with Gasteiger partial charge in [0.2, 0.25) is 0 Å². The van der Waals surface area contributed by atoms with Crippen LogP contribution < -0.4 is 5.32 Å². The van der Waals surface area contributed by atoms with Gasteiger partial charge in [-0.2, -0.15) is 0 Å². The average Bonchev–Trinajstić information content (AvgIpc) is 2.79. The van der Waals surface area contributed by atoms with E-state index in [1.807, 2.05) is 19.3 Å². The summed E-state index contributed by atoms with van der Waals surface area (Å²) in [7, 11) is 2.02. The zero-order valence-corrected chi connectivity index (χ0v) is 11.3. The molecular formula is C15H21N3. The molecule has 0 saturated carbocycles. The molecule has 3 heteroatoms. The van der Waals surface area contributed by atoms with Gasteiger partial charge in [-0.25, -0.2) is 0 Å². The van der Waals surface area contributed by atoms with Gasteiger partial charge in [0, 0.05) is 37.4 Å². The molecule has 0 aliphatic heterocycles. The van der Waals surface area contributed by atoms with E-state index in [1.165, 1.54) is 11.1 Å². The normalized spacial score (nSPS) is 12.9. The molecule has 0 aliphatic carbocycles. The van der Waals surface area contributed by atoms with Crippen molar-refractivity contribution in [1.29, 1.82) is 0 Å². The molecule has 0 amide bonds. The Morgan fingerprint density at radius 2 is 2.17 bits per heavy atom. The highest BCUT2D eigenvalue weighted by atomic mass is 15.0. The molecule has 96 valence electrons. The first kappa shape index (κ1) is 12.8. The van der Waals surface area contributed by atoms with Crippen molar-refractivity contribution in [3.8, 4) is 0 Å². The third-order valence-electron chi connectivity index (χ3n) is 3.20. The second-order valence-electron chi connectivity index (χ2n) is 4.99. The van der Waals surface area contributed by atoms with Crippen molar-refractivity contribution in [1.82, 2.24) is 14.9 Å². The fourth-order valence-corrected chi connectivity index (χ4v) is 2.33. The molecule has 0 fully saturated rings. The summed E-state index contributed by atoms with van der Waals surface area (Å²) in [5.41, 5.74) is 2.57. The van der Waals surface area contributed by atoms with E-state index < -0.39 is 0 Å². The Morgan fingerprint density at radius 1 is 1.33 bits per heavy atom. The highest BCUT2D eigenvalue weighted by Crippen LogP contribution is 2.21. The molecule has 2 rings (SSSR count). The van der Waals surface area contributed by atoms with Crippen LogP contribution in [0.1, 0.15) is 31.0 Å². The van der Waals surface area contributed by atoms with Gasteiger partial charge in [-0.15, -0.1) is 0 Å². The second kappa shape index (κ2) is 5.83. The minimum atomic E-state index is 0.417. The standard InChI is InChI=1S/C15H21N3/c1-12(2)15(16-3)14-6-8-18(11-14)10-13-5-4-7-17-9-13/h4-9,11-12,15-16H,10H2,1-3H3. The lowest BCUT2D eigenvalue weighted by atomic mass is 9.99. The van der Waals surface area contributed by atoms with Crippen LogP contribution in [0.4, 0.5) is 0 Å². The van der Waals surface area contributed by atoms with Crippen molar-refractivity contribution in [3.05, 3.63) is 54.1 Å². The smallest absolute Gasteiger partial charge is 0.0485 e. The lowest BCUT2D eigenvalue weighted by molar-refractivity contribution is 0.443. The molecular weight excluding hydrogens is 222 g/mol. The maximum absolute atomic E-state index is 4.14. The zero-order chi connectivity index (χ0) is 13.0. The summed E-state index contributed by atoms with van der Waals surface area (Å²) in [6.07, 6.45) is 8.07. The number of nitrogens with zero attached hydrogens (tertiary/aromatic N) is 2. The molecule has 0 saturated heterocycles. The Kier molecular flexibility index (Phi) is 4.15. The molecule has 2 heterocycles. The van der Waals surface area contributed by atoms with Crippen molar-refractivity contribution < 1.29 is 0 Å². The fourth-order valence-electron chi connectivity index (χ4n) is 2.33. The van der Waals surface area contributed by atoms with Gasteiger partial charge >= 0.3 is 0 Å². The largest absolute Gasteiger partial charge is 0.350 e. The summed E-state index contributed by atoms with van der Waals surface area (Å²) in [5, 5.41) is 3.37. The summed E-state index contributed by atoms with van der Waals surface area (Å²) in [6, 6.07) is 6.69. The topological polar surface area (TPSA) is 29.9 Å². The SMILES string of the molecule is CNC(c1ccn(Cc2cccnc2)c1)C(C)C. The van der Waals surface area contributed by atoms with E-state index in [0.717, 1.165) is 6.54 Å². The molecule has 1 unspecified atom stereocenters. The molecule has 3 nitrogen and oxygen atoms in total. The van der Waals surface area contributed by atoms with Crippen LogP contribution in [0, 0.1) is 5.92 Å². The van der Waals surface area contributed by atoms with Gasteiger partial charge in [0.25, 0.3) is 0 Å². The van der Waals surface area contributed by atoms with Crippen LogP contribution in [-0.2, 0) is 6.54 Å². The Morgan fingerprint density at radius 3 is 2.78 bits per heavy atom. The van der Waals surface area contributed by atoms with E-state index >= 15 is 0 Å². The van der Waals surface area contributed by atoms with Crippen LogP contribution in [-0.4, -0.2) is 16.6 Å². The van der Waals surface area contributed by atoms with Gasteiger partial charge < -0.3 is 9.88 Å². The van der Waals surface area contributed by atoms with Gasteiger partial charge in [-0.1, -0.05) is 19.9 Å². The van der Waals surface area contributed by atoms with E-state index in [0.29, 0.717) is 12.0 Å². The molecule has 1 N–H and O–H groups in total. The van der Waals surface area contributed by atoms with Crippen molar-refractivity contribution in [2.75, 3.05) is 7.05 Å². The van der Waals surface area contributed by atoms with Crippen molar-refractivity contribution in [2.24, 2.45) is 5.92 Å². The first-order valence-electron chi connectivity index (χ1n) is 6.42. The minimum absolute atomic E-state index is 0.417. The summed E-state index contributed by atoms with van der Waals surface area (Å²) in [5.74, 6) is 0.587. The highest BCUT2D eigenvalue weighted by molar-refractivity contribution is 5.18. The van der Waals surface area contributed by atoms with Crippen molar-refractivity contribution in [3.63, 3.8) is 0 Å². The molecule has 0 bridgehead atoms. The van der Waals surface area contributed by atoms with Gasteiger partial charge in [-0.05, 0) is 36.2 Å². The first-order valence-corrected chi connectivity index (χ1v) is 6.42. The zero-order valence-electron chi connectivity index (χ0n) is 11.3. The van der Waals surface area contributed by atoms with Crippen molar-refractivity contribution >= 4 is 0 Å². The Hall–Kier alpha value is -1.61. The van der Waals surface area contributed by atoms with E-state index in [9.17, 15) is 0 Å². The molecule has 2 aromatic heterocycles. The Bertz CT molecular complexity index is 473. The van der Waals surface area contributed by atoms with Gasteiger partial charge in [-0.3, -0.25) is 4.98 Å². The van der Waals surface area contributed by atoms with Gasteiger partial charge in [0.05, 0.1) is 0 Å². The third kappa shape index (κ3) is 2.99. The summed E-state index contributed by atoms with van der Waals surface area (Å²) >= 11 is 0. The highest BCUT2D eigenvalue weighted by Gasteiger charge is 2.14. The number of hydrogen-bond acceptors (Lipinski definition) is 2. The summed E-state index contributed by atoms with van der Waals surface area (Å²) in [6.45, 7) is 5.35. The minimum Gasteiger partial charge on any atom is -0.350 e. The van der Waals surface area contributed by atoms with Crippen LogP contribution in [0.15, 0.2) is 43.0 Å². The number of pyridine rings is 1. The summed E-state index contributed by atoms with van der Waals surface area (Å²) in [4.78, 5) is 4.14. The van der Waals surface area contributed by atoms with E-state index in [4.69, 9.17) is 0 Å². The predicted octanol–water partition coefficient (Wildman–Crippen LogP) is 2.85. The van der Waals surface area contributed by atoms with Gasteiger partial charge in [0.1, 0.15) is 0 Å².